The Balaban J connectivity index is 1.47. The summed E-state index contributed by atoms with van der Waals surface area (Å²) in [5.41, 5.74) is -0.578. The highest BCUT2D eigenvalue weighted by Crippen LogP contribution is 2.32. The Hall–Kier alpha value is -4.68. The highest BCUT2D eigenvalue weighted by molar-refractivity contribution is 6.01. The van der Waals surface area contributed by atoms with Gasteiger partial charge >= 0.3 is 6.18 Å². The van der Waals surface area contributed by atoms with Crippen LogP contribution >= 0.6 is 0 Å². The van der Waals surface area contributed by atoms with Crippen LogP contribution in [-0.4, -0.2) is 38.1 Å². The molecule has 3 aromatic carbocycles. The van der Waals surface area contributed by atoms with Crippen molar-refractivity contribution in [1.82, 2.24) is 25.5 Å². The van der Waals surface area contributed by atoms with E-state index < -0.39 is 47.8 Å². The lowest BCUT2D eigenvalue weighted by Gasteiger charge is -2.31. The molecular formula is C27H21F5N6O2. The number of rotatable bonds is 8. The van der Waals surface area contributed by atoms with E-state index in [9.17, 15) is 27.2 Å². The molecule has 13 heteroatoms. The number of benzene rings is 3. The molecule has 206 valence electrons. The fraction of sp³-hybridized carbons (Fsp3) is 0.222. The number of halogens is 5. The van der Waals surface area contributed by atoms with E-state index in [-0.39, 0.29) is 28.7 Å². The summed E-state index contributed by atoms with van der Waals surface area (Å²) >= 11 is 0. The first kappa shape index (κ1) is 26.9. The Morgan fingerprint density at radius 2 is 1.65 bits per heavy atom. The summed E-state index contributed by atoms with van der Waals surface area (Å²) in [5, 5.41) is 14.5. The summed E-state index contributed by atoms with van der Waals surface area (Å²) < 4.78 is 67.4. The molecule has 0 radical (unpaired) electrons. The molecule has 0 saturated heterocycles. The first-order valence-corrected chi connectivity index (χ1v) is 12.2. The normalized spacial score (nSPS) is 14.0. The molecule has 1 aliphatic carbocycles. The number of nitrogens with zero attached hydrogens (tertiary/aromatic N) is 5. The third kappa shape index (κ3) is 5.98. The number of carbonyl (C=O) groups excluding carboxylic acids is 2. The number of alkyl halides is 3. The van der Waals surface area contributed by atoms with Crippen LogP contribution in [0.1, 0.15) is 30.0 Å². The van der Waals surface area contributed by atoms with E-state index in [1.807, 2.05) is 0 Å². The molecule has 5 rings (SSSR count). The van der Waals surface area contributed by atoms with Crippen LogP contribution < -0.4 is 10.2 Å². The van der Waals surface area contributed by atoms with Gasteiger partial charge in [0.2, 0.25) is 11.7 Å². The fourth-order valence-electron chi connectivity index (χ4n) is 4.07. The second-order valence-electron chi connectivity index (χ2n) is 9.17. The summed E-state index contributed by atoms with van der Waals surface area (Å²) in [6, 6.07) is 13.0. The molecule has 0 aliphatic heterocycles. The van der Waals surface area contributed by atoms with Gasteiger partial charge in [0.25, 0.3) is 5.91 Å². The van der Waals surface area contributed by atoms with Gasteiger partial charge in [0.15, 0.2) is 0 Å². The first-order valence-electron chi connectivity index (χ1n) is 12.2. The van der Waals surface area contributed by atoms with Crippen LogP contribution in [-0.2, 0) is 22.3 Å². The van der Waals surface area contributed by atoms with E-state index in [1.165, 1.54) is 42.5 Å². The molecule has 1 fully saturated rings. The van der Waals surface area contributed by atoms with Crippen LogP contribution in [0.4, 0.5) is 27.6 Å². The topological polar surface area (TPSA) is 93.0 Å². The molecule has 2 amide bonds. The molecule has 0 bridgehead atoms. The van der Waals surface area contributed by atoms with Crippen molar-refractivity contribution < 1.29 is 31.5 Å². The van der Waals surface area contributed by atoms with Gasteiger partial charge in [-0.1, -0.05) is 36.4 Å². The van der Waals surface area contributed by atoms with Crippen molar-refractivity contribution in [1.29, 1.82) is 0 Å². The molecule has 0 unspecified atom stereocenters. The third-order valence-corrected chi connectivity index (χ3v) is 6.20. The summed E-state index contributed by atoms with van der Waals surface area (Å²) in [4.78, 5) is 29.0. The Bertz CT molecular complexity index is 1520. The fourth-order valence-corrected chi connectivity index (χ4v) is 4.07. The zero-order valence-corrected chi connectivity index (χ0v) is 20.6. The maximum Gasteiger partial charge on any atom is 0.416 e. The third-order valence-electron chi connectivity index (χ3n) is 6.20. The number of hydrogen-bond donors (Lipinski definition) is 1. The average Bonchev–Trinajstić information content (AvgIpc) is 3.62. The van der Waals surface area contributed by atoms with Crippen molar-refractivity contribution in [3.63, 3.8) is 0 Å². The number of nitrogens with one attached hydrogen (secondary N) is 1. The predicted octanol–water partition coefficient (Wildman–Crippen LogP) is 4.69. The molecule has 1 aromatic heterocycles. The van der Waals surface area contributed by atoms with Crippen LogP contribution in [0.15, 0.2) is 72.8 Å². The maximum absolute atomic E-state index is 15.0. The van der Waals surface area contributed by atoms with Gasteiger partial charge in [0.1, 0.15) is 24.2 Å². The number of amides is 2. The van der Waals surface area contributed by atoms with Gasteiger partial charge < -0.3 is 5.32 Å². The van der Waals surface area contributed by atoms with E-state index in [4.69, 9.17) is 0 Å². The zero-order valence-electron chi connectivity index (χ0n) is 20.6. The number of aromatic nitrogens is 4. The zero-order chi connectivity index (χ0) is 28.4. The van der Waals surface area contributed by atoms with Gasteiger partial charge in [-0.3, -0.25) is 14.5 Å². The van der Waals surface area contributed by atoms with Crippen molar-refractivity contribution in [2.75, 3.05) is 4.90 Å². The molecule has 1 heterocycles. The minimum Gasteiger partial charge on any atom is -0.351 e. The number of hydrogen-bond acceptors (Lipinski definition) is 5. The molecule has 1 atom stereocenters. The van der Waals surface area contributed by atoms with E-state index >= 15 is 4.39 Å². The van der Waals surface area contributed by atoms with Crippen LogP contribution in [0.3, 0.4) is 0 Å². The highest BCUT2D eigenvalue weighted by Gasteiger charge is 2.37. The molecule has 40 heavy (non-hydrogen) atoms. The van der Waals surface area contributed by atoms with Crippen LogP contribution in [0.2, 0.25) is 0 Å². The summed E-state index contributed by atoms with van der Waals surface area (Å²) in [7, 11) is 0. The minimum absolute atomic E-state index is 0.0412. The second kappa shape index (κ2) is 10.8. The number of anilines is 1. The summed E-state index contributed by atoms with van der Waals surface area (Å²) in [6.45, 7) is -0.587. The van der Waals surface area contributed by atoms with Gasteiger partial charge in [-0.15, -0.1) is 10.2 Å². The summed E-state index contributed by atoms with van der Waals surface area (Å²) in [6.07, 6.45) is -3.00. The van der Waals surface area contributed by atoms with Crippen molar-refractivity contribution in [3.05, 3.63) is 95.6 Å². The highest BCUT2D eigenvalue weighted by atomic mass is 19.4. The van der Waals surface area contributed by atoms with Gasteiger partial charge in [-0.05, 0) is 60.0 Å². The Labute approximate surface area is 224 Å². The lowest BCUT2D eigenvalue weighted by Crippen LogP contribution is -2.46. The molecule has 1 aliphatic rings. The Kier molecular flexibility index (Phi) is 7.28. The SMILES string of the molecule is O=C(NC1CC1)[C@H](c1ccc(F)cc1)N(C(=O)Cn1nnc(-c2ccc(C(F)(F)F)cc2)n1)c1ccccc1F. The smallest absolute Gasteiger partial charge is 0.351 e. The van der Waals surface area contributed by atoms with Gasteiger partial charge in [0.05, 0.1) is 11.3 Å². The lowest BCUT2D eigenvalue weighted by atomic mass is 10.0. The molecule has 0 spiro atoms. The van der Waals surface area contributed by atoms with Crippen LogP contribution in [0, 0.1) is 11.6 Å². The quantitative estimate of drug-likeness (QED) is 0.318. The largest absolute Gasteiger partial charge is 0.416 e. The van der Waals surface area contributed by atoms with E-state index in [2.05, 4.69) is 20.7 Å². The number of para-hydroxylation sites is 1. The van der Waals surface area contributed by atoms with Crippen molar-refractivity contribution in [2.24, 2.45) is 0 Å². The first-order chi connectivity index (χ1) is 19.1. The lowest BCUT2D eigenvalue weighted by molar-refractivity contribution is -0.137. The van der Waals surface area contributed by atoms with Crippen molar-refractivity contribution >= 4 is 17.5 Å². The van der Waals surface area contributed by atoms with E-state index in [0.717, 1.165) is 52.9 Å². The predicted molar refractivity (Wildman–Crippen MR) is 132 cm³/mol. The maximum atomic E-state index is 15.0. The molecule has 8 nitrogen and oxygen atoms in total. The van der Waals surface area contributed by atoms with Crippen molar-refractivity contribution in [3.8, 4) is 11.4 Å². The van der Waals surface area contributed by atoms with Crippen molar-refractivity contribution in [2.45, 2.75) is 37.6 Å². The Morgan fingerprint density at radius 3 is 2.27 bits per heavy atom. The van der Waals surface area contributed by atoms with E-state index in [0.29, 0.717) is 0 Å². The molecule has 1 N–H and O–H groups in total. The monoisotopic (exact) mass is 556 g/mol. The molecular weight excluding hydrogens is 535 g/mol. The summed E-state index contributed by atoms with van der Waals surface area (Å²) in [5.74, 6) is -2.75. The molecule has 1 saturated carbocycles. The van der Waals surface area contributed by atoms with Crippen LogP contribution in [0.25, 0.3) is 11.4 Å². The average molecular weight is 556 g/mol. The number of carbonyl (C=O) groups is 2. The van der Waals surface area contributed by atoms with E-state index in [1.54, 1.807) is 0 Å². The van der Waals surface area contributed by atoms with Gasteiger partial charge in [0, 0.05) is 11.6 Å². The number of tetrazole rings is 1. The molecule has 4 aromatic rings. The standard InChI is InChI=1S/C27H21F5N6O2/c28-19-11-7-16(8-12-19)24(26(40)33-20-13-14-20)38(22-4-2-1-3-21(22)29)23(39)15-37-35-25(34-36-37)17-5-9-18(10-6-17)27(30,31)32/h1-12,20,24H,13-15H2,(H,33,40)/t24-/m0/s1. The second-order valence-corrected chi connectivity index (χ2v) is 9.17. The van der Waals surface area contributed by atoms with Gasteiger partial charge in [-0.25, -0.2) is 8.78 Å². The van der Waals surface area contributed by atoms with Crippen LogP contribution in [0.5, 0.6) is 0 Å². The van der Waals surface area contributed by atoms with Gasteiger partial charge in [-0.2, -0.15) is 18.0 Å². The minimum atomic E-state index is -4.51. The Morgan fingerprint density at radius 1 is 0.975 bits per heavy atom.